The van der Waals surface area contributed by atoms with Gasteiger partial charge in [0.15, 0.2) is 0 Å². The summed E-state index contributed by atoms with van der Waals surface area (Å²) >= 11 is 5.85. The molecule has 0 spiro atoms. The second kappa shape index (κ2) is 6.88. The van der Waals surface area contributed by atoms with E-state index in [0.717, 1.165) is 12.8 Å². The van der Waals surface area contributed by atoms with Crippen LogP contribution in [0.25, 0.3) is 0 Å². The highest BCUT2D eigenvalue weighted by Crippen LogP contribution is 2.35. The van der Waals surface area contributed by atoms with E-state index in [1.165, 1.54) is 6.42 Å². The first kappa shape index (κ1) is 15.7. The maximum Gasteiger partial charge on any atom is 0.145 e. The molecule has 0 saturated heterocycles. The van der Waals surface area contributed by atoms with Crippen molar-refractivity contribution >= 4 is 11.6 Å². The summed E-state index contributed by atoms with van der Waals surface area (Å²) in [4.78, 5) is 0. The maximum atomic E-state index is 14.0. The Kier molecular flexibility index (Phi) is 5.42. The van der Waals surface area contributed by atoms with E-state index in [4.69, 9.17) is 17.4 Å². The van der Waals surface area contributed by atoms with Crippen molar-refractivity contribution in [2.75, 3.05) is 0 Å². The molecule has 3 atom stereocenters. The third-order valence-electron chi connectivity index (χ3n) is 4.47. The molecule has 1 fully saturated rings. The van der Waals surface area contributed by atoms with Crippen molar-refractivity contribution < 1.29 is 4.39 Å². The second-order valence-corrected chi connectivity index (χ2v) is 6.77. The highest BCUT2D eigenvalue weighted by Gasteiger charge is 2.30. The van der Waals surface area contributed by atoms with Gasteiger partial charge in [-0.05, 0) is 55.1 Å². The van der Waals surface area contributed by atoms with E-state index in [1.54, 1.807) is 18.2 Å². The quantitative estimate of drug-likeness (QED) is 0.653. The Bertz CT molecular complexity index is 442. The number of nitrogens with one attached hydrogen (secondary N) is 1. The predicted molar refractivity (Wildman–Crippen MR) is 81.9 cm³/mol. The van der Waals surface area contributed by atoms with E-state index in [-0.39, 0.29) is 16.9 Å². The van der Waals surface area contributed by atoms with E-state index < -0.39 is 0 Å². The Hall–Kier alpha value is -0.640. The molecule has 2 rings (SSSR count). The van der Waals surface area contributed by atoms with Gasteiger partial charge in [0.25, 0.3) is 0 Å². The average molecular weight is 299 g/mol. The van der Waals surface area contributed by atoms with Gasteiger partial charge in [0, 0.05) is 6.04 Å². The smallest absolute Gasteiger partial charge is 0.145 e. The molecular formula is C16H24ClFN2. The molecule has 0 amide bonds. The molecule has 0 heterocycles. The average Bonchev–Trinajstić information content (AvgIpc) is 2.39. The SMILES string of the molecule is CC1CC(C)CC(C(Cc2cccc(Cl)c2F)NN)C1. The zero-order valence-electron chi connectivity index (χ0n) is 12.2. The summed E-state index contributed by atoms with van der Waals surface area (Å²) in [6, 6.07) is 5.27. The van der Waals surface area contributed by atoms with Crippen LogP contribution in [0.2, 0.25) is 5.02 Å². The molecule has 0 aromatic heterocycles. The van der Waals surface area contributed by atoms with Crippen LogP contribution in [0.15, 0.2) is 18.2 Å². The van der Waals surface area contributed by atoms with E-state index in [9.17, 15) is 4.39 Å². The van der Waals surface area contributed by atoms with Gasteiger partial charge < -0.3 is 0 Å². The lowest BCUT2D eigenvalue weighted by molar-refractivity contribution is 0.175. The van der Waals surface area contributed by atoms with Crippen molar-refractivity contribution in [3.05, 3.63) is 34.6 Å². The zero-order chi connectivity index (χ0) is 14.7. The van der Waals surface area contributed by atoms with Crippen molar-refractivity contribution in [1.29, 1.82) is 0 Å². The van der Waals surface area contributed by atoms with E-state index >= 15 is 0 Å². The Morgan fingerprint density at radius 1 is 1.30 bits per heavy atom. The van der Waals surface area contributed by atoms with Crippen LogP contribution in [-0.4, -0.2) is 6.04 Å². The molecular weight excluding hydrogens is 275 g/mol. The van der Waals surface area contributed by atoms with E-state index in [2.05, 4.69) is 19.3 Å². The fraction of sp³-hybridized carbons (Fsp3) is 0.625. The molecule has 1 aliphatic rings. The number of hydrogen-bond acceptors (Lipinski definition) is 2. The molecule has 112 valence electrons. The van der Waals surface area contributed by atoms with Crippen LogP contribution in [0.4, 0.5) is 4.39 Å². The zero-order valence-corrected chi connectivity index (χ0v) is 13.0. The molecule has 2 nitrogen and oxygen atoms in total. The highest BCUT2D eigenvalue weighted by molar-refractivity contribution is 6.30. The van der Waals surface area contributed by atoms with Crippen LogP contribution in [-0.2, 0) is 6.42 Å². The third-order valence-corrected chi connectivity index (χ3v) is 4.76. The van der Waals surface area contributed by atoms with Gasteiger partial charge >= 0.3 is 0 Å². The number of benzene rings is 1. The molecule has 3 N–H and O–H groups in total. The summed E-state index contributed by atoms with van der Waals surface area (Å²) in [6.07, 6.45) is 4.18. The van der Waals surface area contributed by atoms with Gasteiger partial charge in [0.2, 0.25) is 0 Å². The van der Waals surface area contributed by atoms with Crippen molar-refractivity contribution in [3.63, 3.8) is 0 Å². The molecule has 4 heteroatoms. The predicted octanol–water partition coefficient (Wildman–Crippen LogP) is 3.93. The molecule has 0 aliphatic heterocycles. The standard InChI is InChI=1S/C16H24ClFN2/c1-10-6-11(2)8-13(7-10)15(20-19)9-12-4-3-5-14(17)16(12)18/h3-5,10-11,13,15,20H,6-9,19H2,1-2H3. The summed E-state index contributed by atoms with van der Waals surface area (Å²) in [5.74, 6) is 7.33. The topological polar surface area (TPSA) is 38.0 Å². The Morgan fingerprint density at radius 2 is 1.95 bits per heavy atom. The van der Waals surface area contributed by atoms with Crippen LogP contribution in [0.1, 0.15) is 38.7 Å². The van der Waals surface area contributed by atoms with E-state index in [1.807, 2.05) is 0 Å². The minimum absolute atomic E-state index is 0.105. The minimum Gasteiger partial charge on any atom is -0.271 e. The minimum atomic E-state index is -0.314. The molecule has 20 heavy (non-hydrogen) atoms. The third kappa shape index (κ3) is 3.72. The van der Waals surface area contributed by atoms with Crippen LogP contribution < -0.4 is 11.3 Å². The lowest BCUT2D eigenvalue weighted by atomic mass is 9.73. The first-order valence-corrected chi connectivity index (χ1v) is 7.78. The Morgan fingerprint density at radius 3 is 2.55 bits per heavy atom. The van der Waals surface area contributed by atoms with Gasteiger partial charge in [-0.1, -0.05) is 37.6 Å². The van der Waals surface area contributed by atoms with Gasteiger partial charge in [-0.2, -0.15) is 0 Å². The lowest BCUT2D eigenvalue weighted by Crippen LogP contribution is -2.45. The van der Waals surface area contributed by atoms with Crippen LogP contribution >= 0.6 is 11.6 Å². The molecule has 1 saturated carbocycles. The summed E-state index contributed by atoms with van der Waals surface area (Å²) in [7, 11) is 0. The summed E-state index contributed by atoms with van der Waals surface area (Å²) in [5, 5.41) is 0.184. The number of hydrogen-bond donors (Lipinski definition) is 2. The number of rotatable bonds is 4. The fourth-order valence-corrected chi connectivity index (χ4v) is 3.84. The van der Waals surface area contributed by atoms with Gasteiger partial charge in [0.1, 0.15) is 5.82 Å². The largest absolute Gasteiger partial charge is 0.271 e. The first-order chi connectivity index (χ1) is 9.51. The van der Waals surface area contributed by atoms with E-state index in [0.29, 0.717) is 29.7 Å². The van der Waals surface area contributed by atoms with Crippen molar-refractivity contribution in [2.24, 2.45) is 23.6 Å². The number of hydrazine groups is 1. The molecule has 0 radical (unpaired) electrons. The Balaban J connectivity index is 2.10. The van der Waals surface area contributed by atoms with Gasteiger partial charge in [-0.25, -0.2) is 4.39 Å². The number of nitrogens with two attached hydrogens (primary N) is 1. The summed E-state index contributed by atoms with van der Waals surface area (Å²) in [6.45, 7) is 4.58. The monoisotopic (exact) mass is 298 g/mol. The molecule has 1 aliphatic carbocycles. The first-order valence-electron chi connectivity index (χ1n) is 7.40. The van der Waals surface area contributed by atoms with Crippen LogP contribution in [0.3, 0.4) is 0 Å². The van der Waals surface area contributed by atoms with Crippen molar-refractivity contribution in [1.82, 2.24) is 5.43 Å². The summed E-state index contributed by atoms with van der Waals surface area (Å²) < 4.78 is 14.0. The number of halogens is 2. The summed E-state index contributed by atoms with van der Waals surface area (Å²) in [5.41, 5.74) is 3.54. The lowest BCUT2D eigenvalue weighted by Gasteiger charge is -2.36. The highest BCUT2D eigenvalue weighted by atomic mass is 35.5. The normalized spacial score (nSPS) is 28.4. The van der Waals surface area contributed by atoms with Gasteiger partial charge in [-0.15, -0.1) is 0 Å². The maximum absolute atomic E-state index is 14.0. The van der Waals surface area contributed by atoms with Gasteiger partial charge in [0.05, 0.1) is 5.02 Å². The molecule has 1 aromatic carbocycles. The fourth-order valence-electron chi connectivity index (χ4n) is 3.64. The van der Waals surface area contributed by atoms with Crippen molar-refractivity contribution in [3.8, 4) is 0 Å². The molecule has 3 unspecified atom stereocenters. The second-order valence-electron chi connectivity index (χ2n) is 6.37. The molecule has 0 bridgehead atoms. The van der Waals surface area contributed by atoms with Crippen LogP contribution in [0.5, 0.6) is 0 Å². The van der Waals surface area contributed by atoms with Crippen LogP contribution in [0, 0.1) is 23.6 Å². The molecule has 1 aromatic rings. The van der Waals surface area contributed by atoms with Gasteiger partial charge in [-0.3, -0.25) is 11.3 Å². The van der Waals surface area contributed by atoms with Crippen molar-refractivity contribution in [2.45, 2.75) is 45.6 Å². The Labute approximate surface area is 125 Å².